The van der Waals surface area contributed by atoms with Gasteiger partial charge in [0.05, 0.1) is 5.56 Å². The molecule has 22 heavy (non-hydrogen) atoms. The number of hydrogen-bond donors (Lipinski definition) is 2. The van der Waals surface area contributed by atoms with Crippen LogP contribution in [0.1, 0.15) is 30.1 Å². The fourth-order valence-electron chi connectivity index (χ4n) is 3.08. The standard InChI is InChI=1S/C16H21BrN4O/c1-11-3-2-5-21(10-11)6-4-18-16(22)14-9-20-15-13(14)7-12(17)8-19-15/h7-9,11H,2-6,10H2,1H3,(H,18,22)(H,19,20)/t11-/m1/s1. The fourth-order valence-corrected chi connectivity index (χ4v) is 3.41. The molecule has 6 heteroatoms. The summed E-state index contributed by atoms with van der Waals surface area (Å²) in [6, 6.07) is 1.92. The second-order valence-electron chi connectivity index (χ2n) is 6.06. The largest absolute Gasteiger partial charge is 0.351 e. The lowest BCUT2D eigenvalue weighted by Gasteiger charge is -2.30. The summed E-state index contributed by atoms with van der Waals surface area (Å²) in [6.07, 6.45) is 6.03. The number of carbonyl (C=O) groups is 1. The number of nitrogens with zero attached hydrogens (tertiary/aromatic N) is 2. The van der Waals surface area contributed by atoms with Crippen molar-refractivity contribution in [1.82, 2.24) is 20.2 Å². The molecule has 1 aliphatic heterocycles. The molecule has 2 N–H and O–H groups in total. The molecule has 0 bridgehead atoms. The predicted octanol–water partition coefficient (Wildman–Crippen LogP) is 2.79. The third-order valence-corrected chi connectivity index (χ3v) is 4.63. The smallest absolute Gasteiger partial charge is 0.253 e. The Bertz CT molecular complexity index is 669. The van der Waals surface area contributed by atoms with E-state index in [0.29, 0.717) is 12.1 Å². The van der Waals surface area contributed by atoms with E-state index in [1.807, 2.05) is 6.07 Å². The lowest BCUT2D eigenvalue weighted by atomic mass is 10.0. The van der Waals surface area contributed by atoms with Crippen LogP contribution in [0.3, 0.4) is 0 Å². The molecule has 0 aliphatic carbocycles. The zero-order valence-electron chi connectivity index (χ0n) is 12.7. The van der Waals surface area contributed by atoms with Gasteiger partial charge in [-0.15, -0.1) is 0 Å². The molecule has 5 nitrogen and oxygen atoms in total. The van der Waals surface area contributed by atoms with Gasteiger partial charge in [-0.2, -0.15) is 0 Å². The average molecular weight is 365 g/mol. The summed E-state index contributed by atoms with van der Waals surface area (Å²) >= 11 is 3.40. The van der Waals surface area contributed by atoms with Gasteiger partial charge in [0.1, 0.15) is 5.65 Å². The minimum absolute atomic E-state index is 0.0452. The molecule has 3 heterocycles. The highest BCUT2D eigenvalue weighted by atomic mass is 79.9. The summed E-state index contributed by atoms with van der Waals surface area (Å²) in [6.45, 7) is 6.17. The molecule has 1 amide bonds. The van der Waals surface area contributed by atoms with Crippen LogP contribution in [0.25, 0.3) is 11.0 Å². The van der Waals surface area contributed by atoms with Crippen molar-refractivity contribution in [2.75, 3.05) is 26.2 Å². The summed E-state index contributed by atoms with van der Waals surface area (Å²) in [5.74, 6) is 0.720. The molecule has 0 unspecified atom stereocenters. The SMILES string of the molecule is C[C@@H]1CCCN(CCNC(=O)c2c[nH]c3ncc(Br)cc23)C1. The molecular formula is C16H21BrN4O. The Morgan fingerprint density at radius 2 is 2.45 bits per heavy atom. The van der Waals surface area contributed by atoms with Crippen LogP contribution in [0.5, 0.6) is 0 Å². The molecule has 2 aromatic rings. The molecule has 2 aromatic heterocycles. The second-order valence-corrected chi connectivity index (χ2v) is 6.97. The van der Waals surface area contributed by atoms with E-state index in [-0.39, 0.29) is 5.91 Å². The number of amides is 1. The molecule has 1 aliphatic rings. The summed E-state index contributed by atoms with van der Waals surface area (Å²) in [4.78, 5) is 22.1. The minimum Gasteiger partial charge on any atom is -0.351 e. The average Bonchev–Trinajstić information content (AvgIpc) is 2.90. The number of aromatic nitrogens is 2. The zero-order chi connectivity index (χ0) is 15.5. The van der Waals surface area contributed by atoms with Crippen molar-refractivity contribution >= 4 is 32.9 Å². The number of hydrogen-bond acceptors (Lipinski definition) is 3. The number of aromatic amines is 1. The number of carbonyl (C=O) groups excluding carboxylic acids is 1. The van der Waals surface area contributed by atoms with Gasteiger partial charge in [-0.1, -0.05) is 6.92 Å². The van der Waals surface area contributed by atoms with Crippen molar-refractivity contribution in [3.05, 3.63) is 28.5 Å². The number of pyridine rings is 1. The number of likely N-dealkylation sites (tertiary alicyclic amines) is 1. The Labute approximate surface area is 138 Å². The zero-order valence-corrected chi connectivity index (χ0v) is 14.3. The van der Waals surface area contributed by atoms with Gasteiger partial charge >= 0.3 is 0 Å². The normalized spacial score (nSPS) is 19.5. The maximum absolute atomic E-state index is 12.3. The van der Waals surface area contributed by atoms with E-state index in [0.717, 1.165) is 41.1 Å². The van der Waals surface area contributed by atoms with Crippen molar-refractivity contribution < 1.29 is 4.79 Å². The molecule has 0 spiro atoms. The fraction of sp³-hybridized carbons (Fsp3) is 0.500. The maximum atomic E-state index is 12.3. The first-order valence-corrected chi connectivity index (χ1v) is 8.56. The van der Waals surface area contributed by atoms with E-state index in [1.54, 1.807) is 12.4 Å². The van der Waals surface area contributed by atoms with Crippen LogP contribution in [0.2, 0.25) is 0 Å². The van der Waals surface area contributed by atoms with E-state index in [4.69, 9.17) is 0 Å². The Balaban J connectivity index is 1.58. The van der Waals surface area contributed by atoms with Gasteiger partial charge in [0.15, 0.2) is 0 Å². The van der Waals surface area contributed by atoms with Crippen LogP contribution in [0.15, 0.2) is 22.9 Å². The van der Waals surface area contributed by atoms with E-state index in [2.05, 4.69) is 43.0 Å². The van der Waals surface area contributed by atoms with Crippen molar-refractivity contribution in [2.45, 2.75) is 19.8 Å². The van der Waals surface area contributed by atoms with Gasteiger partial charge in [0.2, 0.25) is 0 Å². The quantitative estimate of drug-likeness (QED) is 0.876. The monoisotopic (exact) mass is 364 g/mol. The molecule has 118 valence electrons. The maximum Gasteiger partial charge on any atom is 0.253 e. The van der Waals surface area contributed by atoms with Gasteiger partial charge in [-0.25, -0.2) is 4.98 Å². The number of nitrogens with one attached hydrogen (secondary N) is 2. The van der Waals surface area contributed by atoms with Crippen molar-refractivity contribution in [2.24, 2.45) is 5.92 Å². The molecular weight excluding hydrogens is 344 g/mol. The highest BCUT2D eigenvalue weighted by molar-refractivity contribution is 9.10. The van der Waals surface area contributed by atoms with Crippen LogP contribution < -0.4 is 5.32 Å². The van der Waals surface area contributed by atoms with Gasteiger partial charge < -0.3 is 15.2 Å². The third-order valence-electron chi connectivity index (χ3n) is 4.20. The highest BCUT2D eigenvalue weighted by Gasteiger charge is 2.17. The van der Waals surface area contributed by atoms with Crippen LogP contribution in [-0.2, 0) is 0 Å². The Morgan fingerprint density at radius 3 is 3.27 bits per heavy atom. The molecule has 3 rings (SSSR count). The van der Waals surface area contributed by atoms with E-state index in [1.165, 1.54) is 12.8 Å². The van der Waals surface area contributed by atoms with Gasteiger partial charge in [-0.3, -0.25) is 4.79 Å². The molecule has 0 saturated carbocycles. The van der Waals surface area contributed by atoms with Crippen molar-refractivity contribution in [3.8, 4) is 0 Å². The summed E-state index contributed by atoms with van der Waals surface area (Å²) in [7, 11) is 0. The molecule has 1 fully saturated rings. The van der Waals surface area contributed by atoms with Crippen molar-refractivity contribution in [3.63, 3.8) is 0 Å². The van der Waals surface area contributed by atoms with Crippen LogP contribution >= 0.6 is 15.9 Å². The first-order chi connectivity index (χ1) is 10.6. The summed E-state index contributed by atoms with van der Waals surface area (Å²) in [5, 5.41) is 3.86. The number of H-pyrrole nitrogens is 1. The Hall–Kier alpha value is -1.40. The Kier molecular flexibility index (Phi) is 4.78. The van der Waals surface area contributed by atoms with Gasteiger partial charge in [0.25, 0.3) is 5.91 Å². The molecule has 0 aromatic carbocycles. The van der Waals surface area contributed by atoms with Crippen molar-refractivity contribution in [1.29, 1.82) is 0 Å². The van der Waals surface area contributed by atoms with E-state index < -0.39 is 0 Å². The number of piperidine rings is 1. The number of fused-ring (bicyclic) bond motifs is 1. The highest BCUT2D eigenvalue weighted by Crippen LogP contribution is 2.20. The first kappa shape index (κ1) is 15.5. The van der Waals surface area contributed by atoms with Crippen LogP contribution in [0.4, 0.5) is 0 Å². The van der Waals surface area contributed by atoms with Crippen LogP contribution in [0, 0.1) is 5.92 Å². The molecule has 1 saturated heterocycles. The third kappa shape index (κ3) is 3.50. The molecule has 1 atom stereocenters. The van der Waals surface area contributed by atoms with E-state index >= 15 is 0 Å². The predicted molar refractivity (Wildman–Crippen MR) is 91.0 cm³/mol. The van der Waals surface area contributed by atoms with Gasteiger partial charge in [-0.05, 0) is 47.3 Å². The van der Waals surface area contributed by atoms with Crippen LogP contribution in [-0.4, -0.2) is 47.0 Å². The lowest BCUT2D eigenvalue weighted by molar-refractivity contribution is 0.0945. The minimum atomic E-state index is -0.0452. The van der Waals surface area contributed by atoms with E-state index in [9.17, 15) is 4.79 Å². The molecule has 0 radical (unpaired) electrons. The summed E-state index contributed by atoms with van der Waals surface area (Å²) < 4.78 is 0.871. The Morgan fingerprint density at radius 1 is 1.59 bits per heavy atom. The van der Waals surface area contributed by atoms with Gasteiger partial charge in [0, 0.05) is 41.9 Å². The topological polar surface area (TPSA) is 61.0 Å². The number of rotatable bonds is 4. The lowest BCUT2D eigenvalue weighted by Crippen LogP contribution is -2.40. The second kappa shape index (κ2) is 6.79. The first-order valence-electron chi connectivity index (χ1n) is 7.76. The number of halogens is 1. The summed E-state index contributed by atoms with van der Waals surface area (Å²) in [5.41, 5.74) is 1.38.